The lowest BCUT2D eigenvalue weighted by Gasteiger charge is -2.29. The largest absolute Gasteiger partial charge is 0.310 e. The number of benzene rings is 1. The smallest absolute Gasteiger partial charge is 0.0655 e. The van der Waals surface area contributed by atoms with E-state index < -0.39 is 0 Å². The minimum atomic E-state index is 0. The van der Waals surface area contributed by atoms with Gasteiger partial charge in [-0.3, -0.25) is 0 Å². The number of hydrogen-bond acceptors (Lipinski definition) is 1. The first-order chi connectivity index (χ1) is 6.20. The maximum Gasteiger partial charge on any atom is 0.0655 e. The molecule has 0 unspecified atom stereocenters. The highest BCUT2D eigenvalue weighted by Crippen LogP contribution is 2.38. The molecule has 1 aromatic carbocycles. The summed E-state index contributed by atoms with van der Waals surface area (Å²) in [5, 5.41) is 5.07. The molecule has 5 heteroatoms. The van der Waals surface area contributed by atoms with E-state index in [0.717, 1.165) is 18.5 Å². The minimum Gasteiger partial charge on any atom is -0.310 e. The second kappa shape index (κ2) is 4.91. The van der Waals surface area contributed by atoms with Gasteiger partial charge in [-0.2, -0.15) is 0 Å². The molecule has 1 nitrogen and oxygen atoms in total. The standard InChI is InChI=1S/C9H8Cl3N.ClH/c10-5-1-2-6(11)9(12)8(5)7-3-4-13-7;/h1-2,7,13H,3-4H2;1H/t7-;/m1./s1. The van der Waals surface area contributed by atoms with Gasteiger partial charge in [-0.15, -0.1) is 12.4 Å². The van der Waals surface area contributed by atoms with Crippen LogP contribution < -0.4 is 5.32 Å². The molecular formula is C9H9Cl4N. The molecule has 1 atom stereocenters. The summed E-state index contributed by atoms with van der Waals surface area (Å²) in [7, 11) is 0. The van der Waals surface area contributed by atoms with Crippen LogP contribution >= 0.6 is 47.2 Å². The van der Waals surface area contributed by atoms with E-state index in [9.17, 15) is 0 Å². The summed E-state index contributed by atoms with van der Waals surface area (Å²) in [6, 6.07) is 3.78. The van der Waals surface area contributed by atoms with Crippen molar-refractivity contribution in [2.24, 2.45) is 0 Å². The number of rotatable bonds is 1. The van der Waals surface area contributed by atoms with Gasteiger partial charge < -0.3 is 5.32 Å². The first-order valence-corrected chi connectivity index (χ1v) is 5.20. The molecule has 14 heavy (non-hydrogen) atoms. The van der Waals surface area contributed by atoms with Crippen molar-refractivity contribution in [3.63, 3.8) is 0 Å². The fourth-order valence-corrected chi connectivity index (χ4v) is 2.20. The molecule has 0 aliphatic carbocycles. The van der Waals surface area contributed by atoms with Crippen molar-refractivity contribution >= 4 is 47.2 Å². The van der Waals surface area contributed by atoms with Gasteiger partial charge >= 0.3 is 0 Å². The van der Waals surface area contributed by atoms with Crippen LogP contribution in [0.2, 0.25) is 15.1 Å². The van der Waals surface area contributed by atoms with E-state index in [0.29, 0.717) is 15.1 Å². The fraction of sp³-hybridized carbons (Fsp3) is 0.333. The molecule has 1 aliphatic rings. The van der Waals surface area contributed by atoms with E-state index in [1.807, 2.05) is 0 Å². The van der Waals surface area contributed by atoms with Gasteiger partial charge in [-0.1, -0.05) is 34.8 Å². The Bertz CT molecular complexity index is 336. The number of hydrogen-bond donors (Lipinski definition) is 1. The number of nitrogens with one attached hydrogen (secondary N) is 1. The Morgan fingerprint density at radius 1 is 1.14 bits per heavy atom. The van der Waals surface area contributed by atoms with Gasteiger partial charge in [0, 0.05) is 16.6 Å². The zero-order chi connectivity index (χ0) is 9.42. The lowest BCUT2D eigenvalue weighted by molar-refractivity contribution is 0.383. The normalized spacial score (nSPS) is 19.8. The Labute approximate surface area is 104 Å². The Morgan fingerprint density at radius 2 is 1.71 bits per heavy atom. The topological polar surface area (TPSA) is 12.0 Å². The van der Waals surface area contributed by atoms with Crippen LogP contribution in [0.5, 0.6) is 0 Å². The van der Waals surface area contributed by atoms with Gasteiger partial charge in [0.25, 0.3) is 0 Å². The first kappa shape index (κ1) is 12.4. The molecule has 2 rings (SSSR count). The Balaban J connectivity index is 0.000000980. The van der Waals surface area contributed by atoms with Crippen LogP contribution in [0.1, 0.15) is 18.0 Å². The summed E-state index contributed by atoms with van der Waals surface area (Å²) in [5.41, 5.74) is 0.932. The predicted octanol–water partition coefficient (Wildman–Crippen LogP) is 4.10. The van der Waals surface area contributed by atoms with Crippen molar-refractivity contribution in [2.45, 2.75) is 12.5 Å². The second-order valence-corrected chi connectivity index (χ2v) is 4.24. The Hall–Kier alpha value is 0.340. The lowest BCUT2D eigenvalue weighted by atomic mass is 9.98. The molecule has 0 aromatic heterocycles. The van der Waals surface area contributed by atoms with E-state index in [-0.39, 0.29) is 18.4 Å². The second-order valence-electron chi connectivity index (χ2n) is 3.05. The molecule has 78 valence electrons. The summed E-state index contributed by atoms with van der Waals surface area (Å²) < 4.78 is 0. The van der Waals surface area contributed by atoms with E-state index in [4.69, 9.17) is 34.8 Å². The van der Waals surface area contributed by atoms with Gasteiger partial charge in [0.15, 0.2) is 0 Å². The lowest BCUT2D eigenvalue weighted by Crippen LogP contribution is -2.35. The van der Waals surface area contributed by atoms with Crippen molar-refractivity contribution in [1.29, 1.82) is 0 Å². The summed E-state index contributed by atoms with van der Waals surface area (Å²) in [5.74, 6) is 0. The quantitative estimate of drug-likeness (QED) is 0.759. The van der Waals surface area contributed by atoms with E-state index in [1.165, 1.54) is 0 Å². The first-order valence-electron chi connectivity index (χ1n) is 4.07. The van der Waals surface area contributed by atoms with Crippen molar-refractivity contribution in [1.82, 2.24) is 5.32 Å². The van der Waals surface area contributed by atoms with E-state index in [2.05, 4.69) is 5.32 Å². The molecule has 0 amide bonds. The molecule has 0 saturated carbocycles. The van der Waals surface area contributed by atoms with Crippen molar-refractivity contribution < 1.29 is 0 Å². The third-order valence-corrected chi connectivity index (χ3v) is 3.40. The van der Waals surface area contributed by atoms with Gasteiger partial charge in [0.2, 0.25) is 0 Å². The van der Waals surface area contributed by atoms with E-state index >= 15 is 0 Å². The molecule has 0 spiro atoms. The molecule has 0 bridgehead atoms. The maximum atomic E-state index is 6.05. The van der Waals surface area contributed by atoms with Crippen LogP contribution in [0.25, 0.3) is 0 Å². The summed E-state index contributed by atoms with van der Waals surface area (Å²) in [6.07, 6.45) is 1.07. The van der Waals surface area contributed by atoms with Gasteiger partial charge in [-0.05, 0) is 25.1 Å². The molecule has 1 fully saturated rings. The average molecular weight is 273 g/mol. The molecule has 1 aromatic rings. The van der Waals surface area contributed by atoms with Gasteiger partial charge in [-0.25, -0.2) is 0 Å². The summed E-state index contributed by atoms with van der Waals surface area (Å²) in [6.45, 7) is 1.02. The van der Waals surface area contributed by atoms with Crippen molar-refractivity contribution in [3.8, 4) is 0 Å². The fourth-order valence-electron chi connectivity index (χ4n) is 1.40. The van der Waals surface area contributed by atoms with E-state index in [1.54, 1.807) is 12.1 Å². The molecule has 1 N–H and O–H groups in total. The van der Waals surface area contributed by atoms with Crippen LogP contribution in [0.3, 0.4) is 0 Å². The highest BCUT2D eigenvalue weighted by atomic mass is 35.5. The highest BCUT2D eigenvalue weighted by Gasteiger charge is 2.24. The van der Waals surface area contributed by atoms with Crippen molar-refractivity contribution in [3.05, 3.63) is 32.8 Å². The third kappa shape index (κ3) is 2.12. The molecule has 1 aliphatic heterocycles. The minimum absolute atomic E-state index is 0. The zero-order valence-electron chi connectivity index (χ0n) is 7.19. The van der Waals surface area contributed by atoms with Gasteiger partial charge in [0.05, 0.1) is 10.0 Å². The monoisotopic (exact) mass is 271 g/mol. The Kier molecular flexibility index (Phi) is 4.35. The van der Waals surface area contributed by atoms with Crippen LogP contribution in [-0.4, -0.2) is 6.54 Å². The van der Waals surface area contributed by atoms with Crippen LogP contribution in [0.15, 0.2) is 12.1 Å². The maximum absolute atomic E-state index is 6.05. The Morgan fingerprint density at radius 3 is 2.21 bits per heavy atom. The van der Waals surface area contributed by atoms with Crippen LogP contribution in [0, 0.1) is 0 Å². The van der Waals surface area contributed by atoms with Crippen LogP contribution in [-0.2, 0) is 0 Å². The van der Waals surface area contributed by atoms with Crippen LogP contribution in [0.4, 0.5) is 0 Å². The summed E-state index contributed by atoms with van der Waals surface area (Å²) >= 11 is 18.0. The molecular weight excluding hydrogens is 264 g/mol. The summed E-state index contributed by atoms with van der Waals surface area (Å²) in [4.78, 5) is 0. The molecule has 0 radical (unpaired) electrons. The molecule has 1 saturated heterocycles. The third-order valence-electron chi connectivity index (χ3n) is 2.25. The number of halogens is 4. The van der Waals surface area contributed by atoms with Crippen molar-refractivity contribution in [2.75, 3.05) is 6.54 Å². The average Bonchev–Trinajstić information content (AvgIpc) is 2.02. The SMILES string of the molecule is Cl.Clc1ccc(Cl)c([C@H]2CCN2)c1Cl. The molecule has 1 heterocycles. The predicted molar refractivity (Wildman–Crippen MR) is 64.1 cm³/mol. The highest BCUT2D eigenvalue weighted by molar-refractivity contribution is 6.44. The van der Waals surface area contributed by atoms with Gasteiger partial charge in [0.1, 0.15) is 0 Å². The zero-order valence-corrected chi connectivity index (χ0v) is 10.3.